The van der Waals surface area contributed by atoms with Crippen molar-refractivity contribution >= 4 is 39.2 Å². The van der Waals surface area contributed by atoms with Crippen LogP contribution in [0.5, 0.6) is 23.1 Å². The van der Waals surface area contributed by atoms with Crippen molar-refractivity contribution in [3.63, 3.8) is 0 Å². The van der Waals surface area contributed by atoms with E-state index in [4.69, 9.17) is 40.5 Å². The Hall–Kier alpha value is -5.34. The Morgan fingerprint density at radius 2 is 1.73 bits per heavy atom. The molecular formula is C45H47ClN6O6S. The van der Waals surface area contributed by atoms with E-state index in [9.17, 15) is 9.90 Å². The Balaban J connectivity index is 1.04. The minimum Gasteiger partial charge on any atom is -0.496 e. The highest BCUT2D eigenvalue weighted by atomic mass is 35.5. The van der Waals surface area contributed by atoms with Gasteiger partial charge in [-0.2, -0.15) is 4.37 Å². The number of carbonyl (C=O) groups is 1. The fourth-order valence-electron chi connectivity index (χ4n) is 7.58. The van der Waals surface area contributed by atoms with Crippen LogP contribution in [0.2, 0.25) is 5.02 Å². The van der Waals surface area contributed by atoms with Crippen molar-refractivity contribution in [2.24, 2.45) is 0 Å². The van der Waals surface area contributed by atoms with Gasteiger partial charge in [-0.25, -0.2) is 14.8 Å². The third kappa shape index (κ3) is 8.98. The van der Waals surface area contributed by atoms with Gasteiger partial charge >= 0.3 is 5.97 Å². The van der Waals surface area contributed by atoms with Gasteiger partial charge in [0.2, 0.25) is 12.0 Å². The molecule has 0 bridgehead atoms. The third-order valence-corrected chi connectivity index (χ3v) is 12.5. The summed E-state index contributed by atoms with van der Waals surface area (Å²) in [5.41, 5.74) is 5.67. The second-order valence-corrected chi connectivity index (χ2v) is 16.2. The number of rotatable bonds is 16. The van der Waals surface area contributed by atoms with Crippen molar-refractivity contribution in [1.29, 1.82) is 0 Å². The van der Waals surface area contributed by atoms with Gasteiger partial charge in [-0.1, -0.05) is 54.4 Å². The number of methoxy groups -OCH3 is 1. The van der Waals surface area contributed by atoms with Crippen LogP contribution in [0.15, 0.2) is 79.1 Å². The second kappa shape index (κ2) is 18.3. The summed E-state index contributed by atoms with van der Waals surface area (Å²) in [7, 11) is 3.76. The van der Waals surface area contributed by atoms with Gasteiger partial charge in [-0.3, -0.25) is 9.88 Å². The summed E-state index contributed by atoms with van der Waals surface area (Å²) < 4.78 is 29.9. The number of aromatic nitrogens is 4. The standard InChI is InChI=1S/C45H47ClN6O6S/c1-28-32(15-16-36(41(28)46)56-24-23-52-21-19-51(2)20-22-52)39-40-38(26-48-42(39)29-10-8-11-29)59-50-44(40)58-37(45(53)54)25-30-9-4-6-13-34(30)57-27-31-17-18-47-43(49-31)33-12-5-7-14-35(33)55-3/h4-7,9,12-18,26,29,37H,8,10-11,19-25,27H2,1-3H3,(H,53,54). The van der Waals surface area contributed by atoms with Gasteiger partial charge in [0.25, 0.3) is 0 Å². The highest BCUT2D eigenvalue weighted by molar-refractivity contribution is 7.13. The first kappa shape index (κ1) is 40.4. The topological polar surface area (TPSA) is 132 Å². The predicted molar refractivity (Wildman–Crippen MR) is 229 cm³/mol. The number of para-hydroxylation sites is 2. The quantitative estimate of drug-likeness (QED) is 0.101. The Morgan fingerprint density at radius 3 is 2.49 bits per heavy atom. The Morgan fingerprint density at radius 1 is 0.949 bits per heavy atom. The maximum atomic E-state index is 12.9. The fourth-order valence-corrected chi connectivity index (χ4v) is 8.50. The molecule has 1 unspecified atom stereocenters. The van der Waals surface area contributed by atoms with Gasteiger partial charge in [0, 0.05) is 63.0 Å². The van der Waals surface area contributed by atoms with Crippen LogP contribution in [0.4, 0.5) is 0 Å². The molecule has 59 heavy (non-hydrogen) atoms. The molecule has 1 saturated carbocycles. The number of likely N-dealkylation sites (N-methyl/N-ethyl adjacent to an activating group) is 1. The van der Waals surface area contributed by atoms with Crippen LogP contribution >= 0.6 is 23.1 Å². The van der Waals surface area contributed by atoms with Crippen molar-refractivity contribution in [3.05, 3.63) is 107 Å². The first-order valence-electron chi connectivity index (χ1n) is 19.9. The third-order valence-electron chi connectivity index (χ3n) is 11.2. The number of ether oxygens (including phenoxy) is 4. The van der Waals surface area contributed by atoms with Crippen LogP contribution in [-0.4, -0.2) is 99.8 Å². The zero-order valence-electron chi connectivity index (χ0n) is 33.4. The number of nitrogens with zero attached hydrogens (tertiary/aromatic N) is 6. The van der Waals surface area contributed by atoms with Crippen molar-refractivity contribution in [2.45, 2.75) is 51.2 Å². The van der Waals surface area contributed by atoms with Crippen molar-refractivity contribution in [2.75, 3.05) is 53.5 Å². The van der Waals surface area contributed by atoms with Gasteiger partial charge in [0.1, 0.15) is 30.5 Å². The number of carboxylic acid groups (broad SMARTS) is 1. The smallest absolute Gasteiger partial charge is 0.345 e. The van der Waals surface area contributed by atoms with E-state index in [-0.39, 0.29) is 24.8 Å². The first-order valence-corrected chi connectivity index (χ1v) is 21.1. The van der Waals surface area contributed by atoms with E-state index in [1.807, 2.05) is 73.8 Å². The number of benzene rings is 3. The van der Waals surface area contributed by atoms with Gasteiger partial charge < -0.3 is 29.0 Å². The lowest BCUT2D eigenvalue weighted by molar-refractivity contribution is -0.145. The summed E-state index contributed by atoms with van der Waals surface area (Å²) in [6.07, 6.45) is 5.43. The van der Waals surface area contributed by atoms with E-state index in [1.54, 1.807) is 19.4 Å². The largest absolute Gasteiger partial charge is 0.496 e. The molecule has 1 atom stereocenters. The highest BCUT2D eigenvalue weighted by Crippen LogP contribution is 2.48. The molecule has 3 aromatic carbocycles. The summed E-state index contributed by atoms with van der Waals surface area (Å²) in [6.45, 7) is 7.64. The Labute approximate surface area is 352 Å². The Bertz CT molecular complexity index is 2430. The molecule has 6 aromatic rings. The minimum absolute atomic E-state index is 0.0294. The summed E-state index contributed by atoms with van der Waals surface area (Å²) in [5, 5.41) is 11.9. The fraction of sp³-hybridized carbons (Fsp3) is 0.356. The molecule has 2 fully saturated rings. The molecule has 1 saturated heterocycles. The average molecular weight is 835 g/mol. The molecule has 306 valence electrons. The number of halogens is 1. The lowest BCUT2D eigenvalue weighted by atomic mass is 9.79. The van der Waals surface area contributed by atoms with E-state index in [1.165, 1.54) is 11.5 Å². The van der Waals surface area contributed by atoms with E-state index < -0.39 is 12.1 Å². The van der Waals surface area contributed by atoms with E-state index in [0.717, 1.165) is 90.0 Å². The van der Waals surface area contributed by atoms with Crippen LogP contribution in [0, 0.1) is 6.92 Å². The molecule has 1 N–H and O–H groups in total. The Kier molecular flexibility index (Phi) is 12.5. The van der Waals surface area contributed by atoms with Gasteiger partial charge in [0.15, 0.2) is 5.82 Å². The number of hydrogen-bond donors (Lipinski definition) is 1. The van der Waals surface area contributed by atoms with E-state index >= 15 is 0 Å². The second-order valence-electron chi connectivity index (χ2n) is 15.0. The van der Waals surface area contributed by atoms with Crippen LogP contribution in [0.3, 0.4) is 0 Å². The van der Waals surface area contributed by atoms with Crippen LogP contribution in [0.1, 0.15) is 47.7 Å². The number of piperazine rings is 1. The summed E-state index contributed by atoms with van der Waals surface area (Å²) >= 11 is 8.30. The lowest BCUT2D eigenvalue weighted by Crippen LogP contribution is -2.45. The maximum Gasteiger partial charge on any atom is 0.345 e. The molecule has 8 rings (SSSR count). The summed E-state index contributed by atoms with van der Waals surface area (Å²) in [4.78, 5) is 31.8. The molecule has 2 aliphatic rings. The predicted octanol–water partition coefficient (Wildman–Crippen LogP) is 8.33. The van der Waals surface area contributed by atoms with Gasteiger partial charge in [0.05, 0.1) is 39.2 Å². The number of pyridine rings is 1. The average Bonchev–Trinajstić information content (AvgIpc) is 3.64. The molecule has 1 aliphatic carbocycles. The van der Waals surface area contributed by atoms with Crippen LogP contribution in [-0.2, 0) is 17.8 Å². The molecule has 0 spiro atoms. The number of carboxylic acids is 1. The zero-order chi connectivity index (χ0) is 40.9. The summed E-state index contributed by atoms with van der Waals surface area (Å²) in [5.74, 6) is 1.74. The molecule has 12 nitrogen and oxygen atoms in total. The van der Waals surface area contributed by atoms with Gasteiger partial charge in [-0.05, 0) is 85.4 Å². The number of aliphatic carboxylic acids is 1. The van der Waals surface area contributed by atoms with E-state index in [0.29, 0.717) is 46.0 Å². The number of hydrogen-bond acceptors (Lipinski definition) is 12. The molecule has 0 amide bonds. The summed E-state index contributed by atoms with van der Waals surface area (Å²) in [6, 6.07) is 20.7. The lowest BCUT2D eigenvalue weighted by Gasteiger charge is -2.32. The van der Waals surface area contributed by atoms with Crippen molar-refractivity contribution < 1.29 is 28.8 Å². The molecule has 0 radical (unpaired) electrons. The monoisotopic (exact) mass is 834 g/mol. The van der Waals surface area contributed by atoms with Crippen LogP contribution < -0.4 is 18.9 Å². The number of fused-ring (bicyclic) bond motifs is 1. The molecular weight excluding hydrogens is 788 g/mol. The molecule has 14 heteroatoms. The first-order chi connectivity index (χ1) is 28.8. The minimum atomic E-state index is -1.27. The maximum absolute atomic E-state index is 12.9. The van der Waals surface area contributed by atoms with Crippen molar-refractivity contribution in [3.8, 4) is 45.6 Å². The zero-order valence-corrected chi connectivity index (χ0v) is 35.0. The molecule has 4 heterocycles. The molecule has 1 aliphatic heterocycles. The molecule has 3 aromatic heterocycles. The van der Waals surface area contributed by atoms with Crippen molar-refractivity contribution in [1.82, 2.24) is 29.1 Å². The normalized spacial score (nSPS) is 15.5. The van der Waals surface area contributed by atoms with Gasteiger partial charge in [-0.15, -0.1) is 0 Å². The highest BCUT2D eigenvalue weighted by Gasteiger charge is 2.31. The van der Waals surface area contributed by atoms with Crippen LogP contribution in [0.25, 0.3) is 32.6 Å². The SMILES string of the molecule is COc1ccccc1-c1nccc(COc2ccccc2CC(Oc2nsc3cnc(C4CCC4)c(-c4ccc(OCCN5CCN(C)CC5)c(Cl)c4C)c23)C(=O)O)n1. The van der Waals surface area contributed by atoms with E-state index in [2.05, 4.69) is 26.2 Å².